The maximum Gasteiger partial charge on any atom is 0.416 e. The summed E-state index contributed by atoms with van der Waals surface area (Å²) in [5.41, 5.74) is 0.179. The first-order valence-electron chi connectivity index (χ1n) is 7.58. The predicted molar refractivity (Wildman–Crippen MR) is 81.8 cm³/mol. The van der Waals surface area contributed by atoms with Crippen molar-refractivity contribution in [3.05, 3.63) is 35.4 Å². The minimum atomic E-state index is -4.31. The average Bonchev–Trinajstić information content (AvgIpc) is 2.68. The van der Waals surface area contributed by atoms with Gasteiger partial charge in [0.25, 0.3) is 0 Å². The Hall–Kier alpha value is -1.60. The fraction of sp³-hybridized carbons (Fsp3) is 0.562. The van der Waals surface area contributed by atoms with Gasteiger partial charge in [-0.3, -0.25) is 9.69 Å². The Labute approximate surface area is 134 Å². The van der Waals surface area contributed by atoms with E-state index in [-0.39, 0.29) is 11.8 Å². The lowest BCUT2D eigenvalue weighted by Crippen LogP contribution is -2.39. The summed E-state index contributed by atoms with van der Waals surface area (Å²) in [6, 6.07) is 5.23. The highest BCUT2D eigenvalue weighted by Crippen LogP contribution is 2.29. The number of halogens is 3. The van der Waals surface area contributed by atoms with Gasteiger partial charge in [0.05, 0.1) is 11.5 Å². The molecular weight excluding hydrogens is 307 g/mol. The number of hydrogen-bond acceptors (Lipinski definition) is 3. The number of nitrogens with zero attached hydrogens (tertiary/aromatic N) is 2. The third-order valence-corrected chi connectivity index (χ3v) is 4.11. The van der Waals surface area contributed by atoms with Crippen LogP contribution in [0.15, 0.2) is 24.3 Å². The summed E-state index contributed by atoms with van der Waals surface area (Å²) in [5, 5.41) is 2.67. The third-order valence-electron chi connectivity index (χ3n) is 4.11. The molecule has 0 unspecified atom stereocenters. The molecule has 0 bridgehead atoms. The van der Waals surface area contributed by atoms with Crippen LogP contribution in [0.5, 0.6) is 0 Å². The van der Waals surface area contributed by atoms with E-state index in [0.717, 1.165) is 30.8 Å². The number of hydrogen-bond donors (Lipinski definition) is 1. The number of amides is 1. The zero-order chi connectivity index (χ0) is 17.0. The molecule has 23 heavy (non-hydrogen) atoms. The molecule has 0 saturated carbocycles. The molecule has 4 nitrogen and oxygen atoms in total. The summed E-state index contributed by atoms with van der Waals surface area (Å²) < 4.78 is 37.8. The fourth-order valence-electron chi connectivity index (χ4n) is 2.81. The van der Waals surface area contributed by atoms with E-state index in [4.69, 9.17) is 0 Å². The average molecular weight is 329 g/mol. The number of likely N-dealkylation sites (N-methyl/N-ethyl adjacent to an activating group) is 1. The second kappa shape index (κ2) is 7.31. The van der Waals surface area contributed by atoms with Crippen LogP contribution >= 0.6 is 0 Å². The van der Waals surface area contributed by atoms with Crippen LogP contribution in [0.4, 0.5) is 13.2 Å². The monoisotopic (exact) mass is 329 g/mol. The molecule has 1 heterocycles. The number of alkyl halides is 3. The van der Waals surface area contributed by atoms with Gasteiger partial charge < -0.3 is 10.2 Å². The second-order valence-corrected chi connectivity index (χ2v) is 6.00. The van der Waals surface area contributed by atoms with Crippen LogP contribution in [0.25, 0.3) is 0 Å². The standard InChI is InChI=1S/C16H22F3N3O/c1-20-15(23)13-10-21(2)7-8-22(11-13)9-12-3-5-14(6-4-12)16(17,18)19/h3-6,13H,7-11H2,1-2H3,(H,20,23)/t13-/m0/s1. The molecule has 1 amide bonds. The quantitative estimate of drug-likeness (QED) is 0.919. The normalized spacial score (nSPS) is 21.0. The molecule has 2 rings (SSSR count). The lowest BCUT2D eigenvalue weighted by molar-refractivity contribution is -0.137. The van der Waals surface area contributed by atoms with E-state index in [0.29, 0.717) is 19.6 Å². The van der Waals surface area contributed by atoms with Crippen molar-refractivity contribution in [2.75, 3.05) is 40.3 Å². The number of nitrogens with one attached hydrogen (secondary N) is 1. The van der Waals surface area contributed by atoms with E-state index in [2.05, 4.69) is 15.1 Å². The van der Waals surface area contributed by atoms with Crippen molar-refractivity contribution in [2.24, 2.45) is 5.92 Å². The van der Waals surface area contributed by atoms with E-state index >= 15 is 0 Å². The topological polar surface area (TPSA) is 35.6 Å². The molecule has 0 aromatic heterocycles. The molecule has 1 atom stereocenters. The Kier molecular flexibility index (Phi) is 5.64. The maximum absolute atomic E-state index is 12.6. The highest BCUT2D eigenvalue weighted by Gasteiger charge is 2.30. The maximum atomic E-state index is 12.6. The van der Waals surface area contributed by atoms with E-state index in [1.165, 1.54) is 12.1 Å². The number of rotatable bonds is 3. The van der Waals surface area contributed by atoms with E-state index in [1.54, 1.807) is 7.05 Å². The van der Waals surface area contributed by atoms with Crippen molar-refractivity contribution in [3.63, 3.8) is 0 Å². The molecule has 0 radical (unpaired) electrons. The molecule has 1 fully saturated rings. The Morgan fingerprint density at radius 3 is 2.43 bits per heavy atom. The van der Waals surface area contributed by atoms with Gasteiger partial charge in [0.2, 0.25) is 5.91 Å². The number of carbonyl (C=O) groups excluding carboxylic acids is 1. The van der Waals surface area contributed by atoms with Crippen molar-refractivity contribution < 1.29 is 18.0 Å². The Morgan fingerprint density at radius 2 is 1.87 bits per heavy atom. The summed E-state index contributed by atoms with van der Waals surface area (Å²) in [5.74, 6) is -0.141. The van der Waals surface area contributed by atoms with Crippen molar-refractivity contribution in [1.82, 2.24) is 15.1 Å². The molecule has 0 spiro atoms. The molecule has 1 aliphatic heterocycles. The molecule has 1 aliphatic rings. The Balaban J connectivity index is 2.04. The zero-order valence-corrected chi connectivity index (χ0v) is 13.4. The van der Waals surface area contributed by atoms with Gasteiger partial charge in [-0.15, -0.1) is 0 Å². The Morgan fingerprint density at radius 1 is 1.22 bits per heavy atom. The third kappa shape index (κ3) is 4.94. The molecular formula is C16H22F3N3O. The number of carbonyl (C=O) groups is 1. The first kappa shape index (κ1) is 17.7. The smallest absolute Gasteiger partial charge is 0.359 e. The van der Waals surface area contributed by atoms with Crippen LogP contribution in [0.1, 0.15) is 11.1 Å². The van der Waals surface area contributed by atoms with E-state index in [9.17, 15) is 18.0 Å². The number of benzene rings is 1. The summed E-state index contributed by atoms with van der Waals surface area (Å²) in [4.78, 5) is 16.1. The summed E-state index contributed by atoms with van der Waals surface area (Å²) in [7, 11) is 3.59. The molecule has 1 aromatic carbocycles. The van der Waals surface area contributed by atoms with Crippen molar-refractivity contribution >= 4 is 5.91 Å². The molecule has 0 aliphatic carbocycles. The summed E-state index contributed by atoms with van der Waals surface area (Å²) in [6.45, 7) is 3.44. The highest BCUT2D eigenvalue weighted by molar-refractivity contribution is 5.78. The molecule has 1 N–H and O–H groups in total. The molecule has 1 aromatic rings. The van der Waals surface area contributed by atoms with Gasteiger partial charge in [0.15, 0.2) is 0 Å². The van der Waals surface area contributed by atoms with Gasteiger partial charge in [-0.25, -0.2) is 0 Å². The fourth-order valence-corrected chi connectivity index (χ4v) is 2.81. The summed E-state index contributed by atoms with van der Waals surface area (Å²) in [6.07, 6.45) is -4.31. The van der Waals surface area contributed by atoms with Crippen LogP contribution in [0, 0.1) is 5.92 Å². The van der Waals surface area contributed by atoms with Crippen LogP contribution < -0.4 is 5.32 Å². The van der Waals surface area contributed by atoms with Gasteiger partial charge in [-0.1, -0.05) is 12.1 Å². The molecule has 1 saturated heterocycles. The lowest BCUT2D eigenvalue weighted by Gasteiger charge is -2.23. The SMILES string of the molecule is CNC(=O)[C@H]1CN(C)CCN(Cc2ccc(C(F)(F)F)cc2)C1. The van der Waals surface area contributed by atoms with Crippen LogP contribution in [-0.4, -0.2) is 56.0 Å². The zero-order valence-electron chi connectivity index (χ0n) is 13.4. The predicted octanol–water partition coefficient (Wildman–Crippen LogP) is 1.82. The molecule has 128 valence electrons. The first-order chi connectivity index (χ1) is 10.8. The first-order valence-corrected chi connectivity index (χ1v) is 7.58. The van der Waals surface area contributed by atoms with Crippen molar-refractivity contribution in [1.29, 1.82) is 0 Å². The largest absolute Gasteiger partial charge is 0.416 e. The van der Waals surface area contributed by atoms with Crippen molar-refractivity contribution in [2.45, 2.75) is 12.7 Å². The minimum Gasteiger partial charge on any atom is -0.359 e. The Bertz CT molecular complexity index is 530. The van der Waals surface area contributed by atoms with Gasteiger partial charge in [0.1, 0.15) is 0 Å². The van der Waals surface area contributed by atoms with Gasteiger partial charge in [0, 0.05) is 39.8 Å². The highest BCUT2D eigenvalue weighted by atomic mass is 19.4. The van der Waals surface area contributed by atoms with E-state index in [1.807, 2.05) is 7.05 Å². The van der Waals surface area contributed by atoms with Crippen molar-refractivity contribution in [3.8, 4) is 0 Å². The van der Waals surface area contributed by atoms with Crippen LogP contribution in [0.3, 0.4) is 0 Å². The van der Waals surface area contributed by atoms with Gasteiger partial charge in [-0.2, -0.15) is 13.2 Å². The van der Waals surface area contributed by atoms with E-state index < -0.39 is 11.7 Å². The minimum absolute atomic E-state index is 0.00355. The van der Waals surface area contributed by atoms with Gasteiger partial charge in [-0.05, 0) is 24.7 Å². The second-order valence-electron chi connectivity index (χ2n) is 6.00. The lowest BCUT2D eigenvalue weighted by atomic mass is 10.1. The van der Waals surface area contributed by atoms with Gasteiger partial charge >= 0.3 is 6.18 Å². The van der Waals surface area contributed by atoms with Crippen LogP contribution in [0.2, 0.25) is 0 Å². The van der Waals surface area contributed by atoms with Crippen LogP contribution in [-0.2, 0) is 17.5 Å². The molecule has 7 heteroatoms. The summed E-state index contributed by atoms with van der Waals surface area (Å²) >= 11 is 0.